The average Bonchev–Trinajstić information content (AvgIpc) is 2.34. The number of hydrogen-bond donors (Lipinski definition) is 0. The second kappa shape index (κ2) is 5.25. The summed E-state index contributed by atoms with van der Waals surface area (Å²) >= 11 is 3.24. The smallest absolute Gasteiger partial charge is 0.172 e. The van der Waals surface area contributed by atoms with Gasteiger partial charge in [0.1, 0.15) is 0 Å². The van der Waals surface area contributed by atoms with Crippen LogP contribution in [0.15, 0.2) is 34.1 Å². The van der Waals surface area contributed by atoms with Crippen LogP contribution in [0.5, 0.6) is 0 Å². The largest absolute Gasteiger partial charge is 0.368 e. The number of fused-ring (bicyclic) bond motifs is 1. The molecule has 1 fully saturated rings. The first-order chi connectivity index (χ1) is 7.77. The van der Waals surface area contributed by atoms with Crippen LogP contribution in [0.25, 0.3) is 0 Å². The van der Waals surface area contributed by atoms with E-state index in [1.54, 1.807) is 23.5 Å². The Morgan fingerprint density at radius 1 is 1.31 bits per heavy atom. The molecule has 86 valence electrons. The highest BCUT2D eigenvalue weighted by molar-refractivity contribution is 8.21. The van der Waals surface area contributed by atoms with Crippen LogP contribution in [0.1, 0.15) is 0 Å². The number of thioether (sulfide) groups is 2. The topological polar surface area (TPSA) is 26.3 Å². The van der Waals surface area contributed by atoms with Crippen molar-refractivity contribution in [3.05, 3.63) is 34.1 Å². The maximum atomic E-state index is 12.3. The van der Waals surface area contributed by atoms with E-state index in [-0.39, 0.29) is 17.8 Å². The van der Waals surface area contributed by atoms with Gasteiger partial charge in [0.25, 0.3) is 0 Å². The van der Waals surface area contributed by atoms with E-state index in [1.165, 1.54) is 0 Å². The highest BCUT2D eigenvalue weighted by Crippen LogP contribution is 2.34. The standard InChI is InChI=1S/C12H14O2S2/c1-15-12(16-2)9-7-14-10-6-4-3-5-8(10)11(9)13/h3-6,8,10H,7H2,1-2H3. The van der Waals surface area contributed by atoms with Gasteiger partial charge in [0, 0.05) is 9.81 Å². The van der Waals surface area contributed by atoms with E-state index in [2.05, 4.69) is 0 Å². The van der Waals surface area contributed by atoms with Gasteiger partial charge < -0.3 is 4.74 Å². The van der Waals surface area contributed by atoms with E-state index in [4.69, 9.17) is 4.74 Å². The number of rotatable bonds is 2. The lowest BCUT2D eigenvalue weighted by atomic mass is 9.88. The molecular formula is C12H14O2S2. The highest BCUT2D eigenvalue weighted by Gasteiger charge is 2.34. The van der Waals surface area contributed by atoms with Gasteiger partial charge in [-0.15, -0.1) is 23.5 Å². The fourth-order valence-electron chi connectivity index (χ4n) is 1.92. The van der Waals surface area contributed by atoms with Crippen LogP contribution in [-0.4, -0.2) is 31.0 Å². The fraction of sp³-hybridized carbons (Fsp3) is 0.417. The quantitative estimate of drug-likeness (QED) is 0.708. The van der Waals surface area contributed by atoms with Gasteiger partial charge >= 0.3 is 0 Å². The second-order valence-electron chi connectivity index (χ2n) is 3.61. The molecule has 2 aliphatic rings. The molecule has 1 aliphatic carbocycles. The van der Waals surface area contributed by atoms with Crippen LogP contribution in [0.2, 0.25) is 0 Å². The summed E-state index contributed by atoms with van der Waals surface area (Å²) in [5, 5.41) is 0. The van der Waals surface area contributed by atoms with E-state index in [9.17, 15) is 4.79 Å². The molecule has 0 aromatic carbocycles. The molecule has 2 atom stereocenters. The van der Waals surface area contributed by atoms with Crippen LogP contribution in [0, 0.1) is 5.92 Å². The molecule has 1 aliphatic heterocycles. The first kappa shape index (κ1) is 12.0. The molecule has 16 heavy (non-hydrogen) atoms. The van der Waals surface area contributed by atoms with Gasteiger partial charge in [0.2, 0.25) is 0 Å². The van der Waals surface area contributed by atoms with Crippen LogP contribution in [0.4, 0.5) is 0 Å². The van der Waals surface area contributed by atoms with Crippen molar-refractivity contribution < 1.29 is 9.53 Å². The molecule has 0 saturated carbocycles. The molecule has 1 saturated heterocycles. The molecule has 2 rings (SSSR count). The molecule has 0 N–H and O–H groups in total. The van der Waals surface area contributed by atoms with Crippen LogP contribution in [0.3, 0.4) is 0 Å². The molecule has 2 unspecified atom stereocenters. The maximum Gasteiger partial charge on any atom is 0.172 e. The van der Waals surface area contributed by atoms with Crippen molar-refractivity contribution in [2.75, 3.05) is 19.1 Å². The molecule has 0 spiro atoms. The third-order valence-corrected chi connectivity index (χ3v) is 4.96. The predicted octanol–water partition coefficient (Wildman–Crippen LogP) is 2.63. The van der Waals surface area contributed by atoms with Crippen LogP contribution < -0.4 is 0 Å². The molecule has 0 aromatic rings. The highest BCUT2D eigenvalue weighted by atomic mass is 32.2. The normalized spacial score (nSPS) is 28.1. The first-order valence-electron chi connectivity index (χ1n) is 5.10. The lowest BCUT2D eigenvalue weighted by Gasteiger charge is -2.30. The lowest BCUT2D eigenvalue weighted by molar-refractivity contribution is -0.125. The van der Waals surface area contributed by atoms with Crippen molar-refractivity contribution >= 4 is 29.3 Å². The Balaban J connectivity index is 2.28. The summed E-state index contributed by atoms with van der Waals surface area (Å²) in [7, 11) is 0. The SMILES string of the molecule is CSC(SC)=C1COC2C=CC=CC2C1=O. The Morgan fingerprint density at radius 3 is 2.69 bits per heavy atom. The van der Waals surface area contributed by atoms with E-state index < -0.39 is 0 Å². The van der Waals surface area contributed by atoms with E-state index in [0.717, 1.165) is 9.81 Å². The predicted molar refractivity (Wildman–Crippen MR) is 70.6 cm³/mol. The summed E-state index contributed by atoms with van der Waals surface area (Å²) in [5.74, 6) is 0.0959. The maximum absolute atomic E-state index is 12.3. The minimum absolute atomic E-state index is 0.0637. The zero-order chi connectivity index (χ0) is 11.5. The summed E-state index contributed by atoms with van der Waals surface area (Å²) in [6, 6.07) is 0. The number of ether oxygens (including phenoxy) is 1. The Hall–Kier alpha value is -0.450. The Labute approximate surface area is 104 Å². The van der Waals surface area contributed by atoms with Crippen molar-refractivity contribution in [3.63, 3.8) is 0 Å². The minimum Gasteiger partial charge on any atom is -0.368 e. The first-order valence-corrected chi connectivity index (χ1v) is 7.54. The van der Waals surface area contributed by atoms with E-state index >= 15 is 0 Å². The van der Waals surface area contributed by atoms with Gasteiger partial charge in [0.05, 0.1) is 18.6 Å². The zero-order valence-electron chi connectivity index (χ0n) is 9.30. The van der Waals surface area contributed by atoms with E-state index in [0.29, 0.717) is 6.61 Å². The van der Waals surface area contributed by atoms with Gasteiger partial charge in [-0.2, -0.15) is 0 Å². The number of carbonyl (C=O) groups excluding carboxylic acids is 1. The molecule has 4 heteroatoms. The number of allylic oxidation sites excluding steroid dienone is 2. The molecule has 2 nitrogen and oxygen atoms in total. The van der Waals surface area contributed by atoms with Gasteiger partial charge in [-0.3, -0.25) is 4.79 Å². The third-order valence-electron chi connectivity index (χ3n) is 2.72. The molecule has 0 radical (unpaired) electrons. The lowest BCUT2D eigenvalue weighted by Crippen LogP contribution is -2.37. The van der Waals surface area contributed by atoms with E-state index in [1.807, 2.05) is 36.8 Å². The summed E-state index contributed by atoms with van der Waals surface area (Å²) in [6.45, 7) is 0.440. The molecule has 1 heterocycles. The van der Waals surface area contributed by atoms with Crippen molar-refractivity contribution in [2.24, 2.45) is 5.92 Å². The summed E-state index contributed by atoms with van der Waals surface area (Å²) in [4.78, 5) is 12.3. The zero-order valence-corrected chi connectivity index (χ0v) is 10.9. The Kier molecular flexibility index (Phi) is 3.95. The van der Waals surface area contributed by atoms with Gasteiger partial charge in [-0.25, -0.2) is 0 Å². The van der Waals surface area contributed by atoms with Crippen molar-refractivity contribution in [1.29, 1.82) is 0 Å². The average molecular weight is 254 g/mol. The summed E-state index contributed by atoms with van der Waals surface area (Å²) in [5.41, 5.74) is 0.834. The summed E-state index contributed by atoms with van der Waals surface area (Å²) < 4.78 is 6.78. The number of carbonyl (C=O) groups is 1. The fourth-order valence-corrected chi connectivity index (χ4v) is 3.40. The van der Waals surface area contributed by atoms with Crippen LogP contribution in [-0.2, 0) is 9.53 Å². The number of hydrogen-bond acceptors (Lipinski definition) is 4. The molecule has 0 amide bonds. The Morgan fingerprint density at radius 2 is 2.00 bits per heavy atom. The van der Waals surface area contributed by atoms with Crippen molar-refractivity contribution in [2.45, 2.75) is 6.10 Å². The second-order valence-corrected chi connectivity index (χ2v) is 5.50. The molecule has 0 aromatic heterocycles. The summed E-state index contributed by atoms with van der Waals surface area (Å²) in [6.07, 6.45) is 11.7. The van der Waals surface area contributed by atoms with Crippen LogP contribution >= 0.6 is 23.5 Å². The minimum atomic E-state index is -0.122. The molecule has 0 bridgehead atoms. The van der Waals surface area contributed by atoms with Gasteiger partial charge in [-0.1, -0.05) is 24.3 Å². The molecular weight excluding hydrogens is 240 g/mol. The monoisotopic (exact) mass is 254 g/mol. The van der Waals surface area contributed by atoms with Gasteiger partial charge in [0.15, 0.2) is 5.78 Å². The van der Waals surface area contributed by atoms with Crippen molar-refractivity contribution in [1.82, 2.24) is 0 Å². The Bertz CT molecular complexity index is 376. The number of ketones is 1. The number of Topliss-reactive ketones (excluding diaryl/α,β-unsaturated/α-hetero) is 1. The van der Waals surface area contributed by atoms with Crippen molar-refractivity contribution in [3.8, 4) is 0 Å². The van der Waals surface area contributed by atoms with Gasteiger partial charge in [-0.05, 0) is 12.5 Å². The third kappa shape index (κ3) is 2.14.